The molecule has 4 aromatic heterocycles. The highest BCUT2D eigenvalue weighted by atomic mass is 31.2. The van der Waals surface area contributed by atoms with Crippen LogP contribution in [0.15, 0.2) is 23.8 Å². The second-order valence-corrected chi connectivity index (χ2v) is 12.9. The number of nitrogens with one attached hydrogen (secondary N) is 1. The van der Waals surface area contributed by atoms with Gasteiger partial charge in [-0.2, -0.15) is 0 Å². The third-order valence-corrected chi connectivity index (χ3v) is 9.36. The first-order valence-corrected chi connectivity index (χ1v) is 15.9. The van der Waals surface area contributed by atoms with E-state index in [1.165, 1.54) is 10.9 Å². The van der Waals surface area contributed by atoms with E-state index < -0.39 is 83.6 Å². The molecule has 3 saturated heterocycles. The number of hydrogen-bond acceptors (Lipinski definition) is 18. The first kappa shape index (κ1) is 30.2. The molecule has 0 amide bonds. The van der Waals surface area contributed by atoms with Crippen molar-refractivity contribution < 1.29 is 56.7 Å². The second-order valence-electron chi connectivity index (χ2n) is 10.1. The minimum absolute atomic E-state index is 0.0174. The molecule has 0 saturated carbocycles. The van der Waals surface area contributed by atoms with Crippen LogP contribution in [-0.4, -0.2) is 109 Å². The number of H-pyrrole nitrogens is 1. The number of aromatic amines is 1. The molecule has 7 heterocycles. The van der Waals surface area contributed by atoms with E-state index in [0.717, 1.165) is 17.2 Å². The first-order valence-electron chi connectivity index (χ1n) is 13.0. The fourth-order valence-corrected chi connectivity index (χ4v) is 7.24. The smallest absolute Gasteiger partial charge is 0.387 e. The Morgan fingerprint density at radius 1 is 0.822 bits per heavy atom. The highest BCUT2D eigenvalue weighted by Gasteiger charge is 2.54. The van der Waals surface area contributed by atoms with E-state index in [9.17, 15) is 33.9 Å². The summed E-state index contributed by atoms with van der Waals surface area (Å²) in [5.74, 6) is -0.0715. The van der Waals surface area contributed by atoms with Crippen molar-refractivity contribution in [2.75, 3.05) is 24.7 Å². The van der Waals surface area contributed by atoms with Gasteiger partial charge in [0.2, 0.25) is 0 Å². The summed E-state index contributed by atoms with van der Waals surface area (Å²) in [4.78, 5) is 56.3. The Morgan fingerprint density at radius 3 is 2.18 bits per heavy atom. The molecule has 0 spiro atoms. The molecule has 3 aliphatic rings. The minimum atomic E-state index is -5.11. The maximum atomic E-state index is 13.2. The number of rotatable bonds is 2. The molecule has 9 N–H and O–H groups in total. The number of aliphatic hydroxyl groups is 2. The van der Waals surface area contributed by atoms with Gasteiger partial charge in [-0.15, -0.1) is 0 Å². The maximum Gasteiger partial charge on any atom is 0.472 e. The van der Waals surface area contributed by atoms with Crippen molar-refractivity contribution in [3.8, 4) is 0 Å². The SMILES string of the molecule is Nc1ncnc2c1ncn2[C@@H]1O[C@@H]2COP(=O)(O)O[C@H]3[C@@H](O)[C@H](n4c(=O)[nH]c5c(N)ncnc54)O[C@@H]3COP(=O)(O)O[C@@H]1[C@@H]2O. The van der Waals surface area contributed by atoms with Crippen LogP contribution in [0.3, 0.4) is 0 Å². The molecule has 4 aromatic rings. The van der Waals surface area contributed by atoms with Crippen LogP contribution in [0.2, 0.25) is 0 Å². The summed E-state index contributed by atoms with van der Waals surface area (Å²) in [5.41, 5.74) is 11.0. The molecule has 242 valence electrons. The van der Waals surface area contributed by atoms with Crippen LogP contribution in [0.25, 0.3) is 22.3 Å². The lowest BCUT2D eigenvalue weighted by atomic mass is 10.1. The van der Waals surface area contributed by atoms with Gasteiger partial charge in [-0.25, -0.2) is 43.4 Å². The zero-order valence-corrected chi connectivity index (χ0v) is 24.2. The number of nitrogens with two attached hydrogens (primary N) is 2. The number of nitrogens with zero attached hydrogens (tertiary/aromatic N) is 7. The van der Waals surface area contributed by atoms with E-state index >= 15 is 0 Å². The Bertz CT molecular complexity index is 1940. The highest BCUT2D eigenvalue weighted by Crippen LogP contribution is 2.53. The summed E-state index contributed by atoms with van der Waals surface area (Å²) >= 11 is 0. The molecule has 10 atom stereocenters. The molecular weight excluding hydrogens is 650 g/mol. The zero-order valence-electron chi connectivity index (χ0n) is 22.4. The largest absolute Gasteiger partial charge is 0.472 e. The fraction of sp³-hybridized carbons (Fsp3) is 0.500. The van der Waals surface area contributed by atoms with Crippen molar-refractivity contribution in [1.82, 2.24) is 39.0 Å². The van der Waals surface area contributed by atoms with Gasteiger partial charge in [-0.3, -0.25) is 22.7 Å². The Kier molecular flexibility index (Phi) is 7.27. The van der Waals surface area contributed by atoms with E-state index in [1.54, 1.807) is 0 Å². The van der Waals surface area contributed by atoms with Crippen LogP contribution < -0.4 is 17.2 Å². The average Bonchev–Trinajstić information content (AvgIpc) is 3.71. The Morgan fingerprint density at radius 2 is 1.44 bits per heavy atom. The van der Waals surface area contributed by atoms with Crippen LogP contribution in [0, 0.1) is 0 Å². The van der Waals surface area contributed by atoms with Crippen LogP contribution in [-0.2, 0) is 36.7 Å². The number of aromatic nitrogens is 8. The van der Waals surface area contributed by atoms with Gasteiger partial charge < -0.3 is 45.9 Å². The topological polar surface area (TPSA) is 330 Å². The number of hydrogen-bond donors (Lipinski definition) is 7. The highest BCUT2D eigenvalue weighted by molar-refractivity contribution is 7.47. The summed E-state index contributed by atoms with van der Waals surface area (Å²) < 4.78 is 60.7. The van der Waals surface area contributed by atoms with Crippen LogP contribution in [0.5, 0.6) is 0 Å². The van der Waals surface area contributed by atoms with Crippen molar-refractivity contribution in [3.63, 3.8) is 0 Å². The first-order chi connectivity index (χ1) is 21.3. The van der Waals surface area contributed by atoms with E-state index in [-0.39, 0.29) is 34.0 Å². The lowest BCUT2D eigenvalue weighted by molar-refractivity contribution is -0.0675. The zero-order chi connectivity index (χ0) is 31.8. The van der Waals surface area contributed by atoms with Crippen LogP contribution in [0.1, 0.15) is 12.5 Å². The molecule has 0 radical (unpaired) electrons. The van der Waals surface area contributed by atoms with Crippen molar-refractivity contribution in [3.05, 3.63) is 29.5 Å². The van der Waals surface area contributed by atoms with Gasteiger partial charge in [0.25, 0.3) is 0 Å². The molecule has 3 aliphatic heterocycles. The number of aliphatic hydroxyl groups excluding tert-OH is 2. The average molecular weight is 674 g/mol. The number of ether oxygens (including phenoxy) is 2. The third kappa shape index (κ3) is 5.21. The molecule has 45 heavy (non-hydrogen) atoms. The van der Waals surface area contributed by atoms with E-state index in [4.69, 9.17) is 39.0 Å². The van der Waals surface area contributed by atoms with Crippen molar-refractivity contribution in [1.29, 1.82) is 0 Å². The number of imidazole rings is 2. The number of phosphoric ester groups is 2. The van der Waals surface area contributed by atoms with E-state index in [1.807, 2.05) is 0 Å². The Balaban J connectivity index is 1.21. The van der Waals surface area contributed by atoms with Gasteiger partial charge in [-0.1, -0.05) is 0 Å². The van der Waals surface area contributed by atoms with Crippen LogP contribution in [0.4, 0.5) is 11.6 Å². The standard InChI is InChI=1S/C20H24N10O13P2/c21-14-8-16(25-3-23-14)29(5-27-8)19-13-10(31)6(40-19)1-38-44(34,35)42-12-7(2-39-45(36,37)43-13)41-18(11(12)32)30-17-9(28-20(30)33)15(22)24-4-26-17/h3-7,10-13,18-19,31-32H,1-2H2,(H,28,33)(H,34,35)(H,36,37)(H2,21,23,25)(H2,22,24,26)/t6-,7-,10-,11-,12-,13-,18-,19-/m1/s1. The number of fused-ring (bicyclic) bond motifs is 5. The Hall–Kier alpha value is -3.44. The van der Waals surface area contributed by atoms with Gasteiger partial charge in [0.15, 0.2) is 35.4 Å². The van der Waals surface area contributed by atoms with Gasteiger partial charge in [0.05, 0.1) is 19.5 Å². The Labute approximate surface area is 248 Å². The van der Waals surface area contributed by atoms with Gasteiger partial charge in [-0.05, 0) is 0 Å². The monoisotopic (exact) mass is 674 g/mol. The third-order valence-electron chi connectivity index (χ3n) is 7.39. The quantitative estimate of drug-likeness (QED) is 0.109. The second kappa shape index (κ2) is 10.8. The van der Waals surface area contributed by atoms with Crippen LogP contribution >= 0.6 is 15.6 Å². The number of phosphoric acid groups is 2. The van der Waals surface area contributed by atoms with Gasteiger partial charge in [0.1, 0.15) is 60.3 Å². The van der Waals surface area contributed by atoms with E-state index in [0.29, 0.717) is 0 Å². The predicted molar refractivity (Wildman–Crippen MR) is 143 cm³/mol. The predicted octanol–water partition coefficient (Wildman–Crippen LogP) is -2.34. The number of nitrogen functional groups attached to an aromatic ring is 2. The summed E-state index contributed by atoms with van der Waals surface area (Å²) in [7, 11) is -10.2. The molecule has 23 nitrogen and oxygen atoms in total. The van der Waals surface area contributed by atoms with Crippen molar-refractivity contribution in [2.45, 2.75) is 49.1 Å². The fourth-order valence-electron chi connectivity index (χ4n) is 5.34. The summed E-state index contributed by atoms with van der Waals surface area (Å²) in [6.45, 7) is -1.70. The molecule has 2 bridgehead atoms. The molecule has 0 aromatic carbocycles. The maximum absolute atomic E-state index is 13.2. The minimum Gasteiger partial charge on any atom is -0.387 e. The molecule has 2 unspecified atom stereocenters. The lowest BCUT2D eigenvalue weighted by Gasteiger charge is -2.25. The van der Waals surface area contributed by atoms with Crippen molar-refractivity contribution >= 4 is 49.6 Å². The summed E-state index contributed by atoms with van der Waals surface area (Å²) in [6.07, 6.45) is -9.67. The molecule has 3 fully saturated rings. The van der Waals surface area contributed by atoms with Gasteiger partial charge in [0, 0.05) is 0 Å². The van der Waals surface area contributed by atoms with E-state index in [2.05, 4.69) is 29.9 Å². The number of anilines is 2. The molecule has 7 rings (SSSR count). The summed E-state index contributed by atoms with van der Waals surface area (Å²) in [6, 6.07) is 0. The normalized spacial score (nSPS) is 37.7. The summed E-state index contributed by atoms with van der Waals surface area (Å²) in [5, 5.41) is 22.1. The van der Waals surface area contributed by atoms with Crippen molar-refractivity contribution in [2.24, 2.45) is 0 Å². The molecular formula is C20H24N10O13P2. The lowest BCUT2D eigenvalue weighted by Crippen LogP contribution is -2.37. The molecule has 0 aliphatic carbocycles. The van der Waals surface area contributed by atoms with Gasteiger partial charge >= 0.3 is 21.3 Å². The molecule has 25 heteroatoms.